The molecular weight excluding hydrogens is 1190 g/mol. The van der Waals surface area contributed by atoms with Gasteiger partial charge in [0.15, 0.2) is 12.2 Å². The smallest absolute Gasteiger partial charge is 0.462 e. The molecule has 19 heteroatoms. The number of phosphoric ester groups is 2. The van der Waals surface area contributed by atoms with Gasteiger partial charge in [-0.1, -0.05) is 296 Å². The molecule has 0 aliphatic rings. The van der Waals surface area contributed by atoms with E-state index in [1.165, 1.54) is 154 Å². The lowest BCUT2D eigenvalue weighted by molar-refractivity contribution is -0.161. The van der Waals surface area contributed by atoms with E-state index in [2.05, 4.69) is 52.0 Å². The number of hydrogen-bond acceptors (Lipinski definition) is 15. The fraction of sp³-hybridized carbons (Fsp3) is 0.887. The zero-order valence-corrected chi connectivity index (χ0v) is 59.4. The van der Waals surface area contributed by atoms with Crippen LogP contribution in [0.15, 0.2) is 24.3 Å². The van der Waals surface area contributed by atoms with Crippen LogP contribution in [0.25, 0.3) is 0 Å². The van der Waals surface area contributed by atoms with Gasteiger partial charge in [-0.3, -0.25) is 37.3 Å². The normalized spacial score (nSPS) is 14.2. The molecule has 530 valence electrons. The molecule has 2 unspecified atom stereocenters. The summed E-state index contributed by atoms with van der Waals surface area (Å²) in [5.74, 6) is -2.15. The molecule has 0 fully saturated rings. The summed E-state index contributed by atoms with van der Waals surface area (Å²) < 4.78 is 68.2. The van der Waals surface area contributed by atoms with Gasteiger partial charge >= 0.3 is 39.5 Å². The van der Waals surface area contributed by atoms with Gasteiger partial charge in [0.25, 0.3) is 0 Å². The summed E-state index contributed by atoms with van der Waals surface area (Å²) in [5.41, 5.74) is 0. The van der Waals surface area contributed by atoms with E-state index in [0.29, 0.717) is 25.7 Å². The third-order valence-electron chi connectivity index (χ3n) is 16.0. The van der Waals surface area contributed by atoms with E-state index in [0.717, 1.165) is 116 Å². The molecule has 0 saturated heterocycles. The van der Waals surface area contributed by atoms with Gasteiger partial charge in [0, 0.05) is 25.7 Å². The van der Waals surface area contributed by atoms with Crippen LogP contribution < -0.4 is 0 Å². The molecular formula is C71H134O17P2. The maximum Gasteiger partial charge on any atom is 0.472 e. The molecule has 0 aromatic carbocycles. The van der Waals surface area contributed by atoms with Crippen molar-refractivity contribution in [3.8, 4) is 0 Å². The molecule has 3 N–H and O–H groups in total. The maximum atomic E-state index is 13.0. The highest BCUT2D eigenvalue weighted by atomic mass is 31.2. The number of allylic oxidation sites excluding steroid dienone is 4. The third-order valence-corrected chi connectivity index (χ3v) is 17.9. The maximum absolute atomic E-state index is 13.0. The summed E-state index contributed by atoms with van der Waals surface area (Å²) in [4.78, 5) is 72.4. The second-order valence-electron chi connectivity index (χ2n) is 24.9. The van der Waals surface area contributed by atoms with Crippen LogP contribution in [-0.2, 0) is 65.4 Å². The minimum Gasteiger partial charge on any atom is -0.462 e. The molecule has 0 aromatic rings. The Balaban J connectivity index is 5.24. The van der Waals surface area contributed by atoms with E-state index in [9.17, 15) is 43.2 Å². The molecule has 17 nitrogen and oxygen atoms in total. The number of hydrogen-bond donors (Lipinski definition) is 3. The quantitative estimate of drug-likeness (QED) is 0.0169. The van der Waals surface area contributed by atoms with Crippen LogP contribution in [0.1, 0.15) is 349 Å². The van der Waals surface area contributed by atoms with Crippen molar-refractivity contribution < 1.29 is 80.2 Å². The number of phosphoric acid groups is 2. The molecule has 0 saturated carbocycles. The van der Waals surface area contributed by atoms with Crippen LogP contribution in [0.2, 0.25) is 0 Å². The van der Waals surface area contributed by atoms with Crippen LogP contribution in [0.5, 0.6) is 0 Å². The molecule has 90 heavy (non-hydrogen) atoms. The van der Waals surface area contributed by atoms with Gasteiger partial charge in [0.05, 0.1) is 26.4 Å². The minimum absolute atomic E-state index is 0.0859. The average Bonchev–Trinajstić information content (AvgIpc) is 3.14. The van der Waals surface area contributed by atoms with Crippen LogP contribution in [0.4, 0.5) is 0 Å². The Morgan fingerprint density at radius 1 is 0.311 bits per heavy atom. The predicted octanol–water partition coefficient (Wildman–Crippen LogP) is 20.2. The van der Waals surface area contributed by atoms with Crippen LogP contribution in [0, 0.1) is 0 Å². The lowest BCUT2D eigenvalue weighted by Gasteiger charge is -2.21. The van der Waals surface area contributed by atoms with Gasteiger partial charge in [-0.2, -0.15) is 0 Å². The highest BCUT2D eigenvalue weighted by Crippen LogP contribution is 2.45. The summed E-state index contributed by atoms with van der Waals surface area (Å²) >= 11 is 0. The standard InChI is InChI=1S/C71H134O17P2/c1-5-9-13-17-21-24-27-30-32-35-37-40-44-48-52-56-69(74)82-62-67(88-71(76)58-54-50-46-42-39-36-33-31-28-25-22-18-14-10-6-2)64-86-90(79,80)84-60-65(72)59-83-89(77,78)85-63-66(61-81-68(73)55-51-47-43-20-16-12-8-4)87-70(75)57-53-49-45-41-38-34-29-26-23-19-15-11-7-3/h25,28,31,33,65-67,72H,5-24,26-27,29-30,32,34-64H2,1-4H3,(H,77,78)(H,79,80)/b28-25-,33-31-/t65-,66+,67+/m0/s1. The van der Waals surface area contributed by atoms with Gasteiger partial charge in [0.2, 0.25) is 0 Å². The van der Waals surface area contributed by atoms with E-state index in [-0.39, 0.29) is 25.7 Å². The van der Waals surface area contributed by atoms with Crippen molar-refractivity contribution in [2.75, 3.05) is 39.6 Å². The van der Waals surface area contributed by atoms with Crippen molar-refractivity contribution in [2.45, 2.75) is 367 Å². The number of aliphatic hydroxyl groups is 1. The van der Waals surface area contributed by atoms with Crippen molar-refractivity contribution >= 4 is 39.5 Å². The average molecular weight is 1320 g/mol. The van der Waals surface area contributed by atoms with E-state index in [1.807, 2.05) is 0 Å². The molecule has 0 aliphatic carbocycles. The fourth-order valence-electron chi connectivity index (χ4n) is 10.3. The number of rotatable bonds is 70. The molecule has 0 amide bonds. The first-order valence-electron chi connectivity index (χ1n) is 36.6. The Bertz CT molecular complexity index is 1820. The van der Waals surface area contributed by atoms with Crippen molar-refractivity contribution in [3.05, 3.63) is 24.3 Å². The number of esters is 4. The number of aliphatic hydroxyl groups excluding tert-OH is 1. The minimum atomic E-state index is -4.96. The highest BCUT2D eigenvalue weighted by molar-refractivity contribution is 7.47. The Morgan fingerprint density at radius 2 is 0.533 bits per heavy atom. The van der Waals surface area contributed by atoms with E-state index in [1.54, 1.807) is 0 Å². The van der Waals surface area contributed by atoms with E-state index < -0.39 is 97.5 Å². The Kier molecular flexibility index (Phi) is 63.4. The van der Waals surface area contributed by atoms with Gasteiger partial charge < -0.3 is 33.8 Å². The zero-order chi connectivity index (χ0) is 66.1. The van der Waals surface area contributed by atoms with Crippen molar-refractivity contribution in [2.24, 2.45) is 0 Å². The Labute approximate surface area is 548 Å². The summed E-state index contributed by atoms with van der Waals surface area (Å²) in [6.45, 7) is 4.85. The van der Waals surface area contributed by atoms with Gasteiger partial charge in [-0.15, -0.1) is 0 Å². The number of carbonyl (C=O) groups excluding carboxylic acids is 4. The summed E-state index contributed by atoms with van der Waals surface area (Å²) in [7, 11) is -9.91. The first kappa shape index (κ1) is 87.5. The molecule has 0 heterocycles. The molecule has 0 aliphatic heterocycles. The van der Waals surface area contributed by atoms with Gasteiger partial charge in [-0.25, -0.2) is 9.13 Å². The van der Waals surface area contributed by atoms with Crippen LogP contribution in [0.3, 0.4) is 0 Å². The molecule has 0 aromatic heterocycles. The molecule has 0 rings (SSSR count). The summed E-state index contributed by atoms with van der Waals surface area (Å²) in [6.07, 6.45) is 56.3. The second-order valence-corrected chi connectivity index (χ2v) is 27.8. The Morgan fingerprint density at radius 3 is 0.811 bits per heavy atom. The summed E-state index contributed by atoms with van der Waals surface area (Å²) in [5, 5.41) is 10.6. The lowest BCUT2D eigenvalue weighted by Crippen LogP contribution is -2.30. The largest absolute Gasteiger partial charge is 0.472 e. The monoisotopic (exact) mass is 1320 g/mol. The summed E-state index contributed by atoms with van der Waals surface area (Å²) in [6, 6.07) is 0. The zero-order valence-electron chi connectivity index (χ0n) is 57.6. The number of unbranched alkanes of at least 4 members (excludes halogenated alkanes) is 41. The number of ether oxygens (including phenoxy) is 4. The Hall–Kier alpha value is -2.46. The third kappa shape index (κ3) is 64.3. The number of carbonyl (C=O) groups is 4. The fourth-order valence-corrected chi connectivity index (χ4v) is 11.9. The lowest BCUT2D eigenvalue weighted by atomic mass is 10.0. The molecule has 0 bridgehead atoms. The van der Waals surface area contributed by atoms with Crippen LogP contribution >= 0.6 is 15.6 Å². The predicted molar refractivity (Wildman–Crippen MR) is 363 cm³/mol. The van der Waals surface area contributed by atoms with Gasteiger partial charge in [0.1, 0.15) is 19.3 Å². The SMILES string of the molecule is CCCCCC/C=C\C=C/CCCCCCCC(=O)O[C@H](COC(=O)CCCCCCCCCCCCCCCCC)COP(=O)(O)OC[C@@H](O)COP(=O)(O)OC[C@@H](COC(=O)CCCCCCCCC)OC(=O)CCCCCCCCCCCCCCC. The van der Waals surface area contributed by atoms with Crippen molar-refractivity contribution in [1.29, 1.82) is 0 Å². The molecule has 0 radical (unpaired) electrons. The van der Waals surface area contributed by atoms with E-state index >= 15 is 0 Å². The molecule has 5 atom stereocenters. The molecule has 0 spiro atoms. The van der Waals surface area contributed by atoms with Crippen molar-refractivity contribution in [1.82, 2.24) is 0 Å². The highest BCUT2D eigenvalue weighted by Gasteiger charge is 2.30. The second kappa shape index (κ2) is 65.2. The van der Waals surface area contributed by atoms with Crippen LogP contribution in [-0.4, -0.2) is 96.7 Å². The van der Waals surface area contributed by atoms with Crippen molar-refractivity contribution in [3.63, 3.8) is 0 Å². The topological polar surface area (TPSA) is 237 Å². The first-order chi connectivity index (χ1) is 43.7. The van der Waals surface area contributed by atoms with Gasteiger partial charge in [-0.05, 0) is 51.4 Å². The van der Waals surface area contributed by atoms with E-state index in [4.69, 9.17) is 37.0 Å². The first-order valence-corrected chi connectivity index (χ1v) is 39.6.